The number of hydrogen-bond acceptors (Lipinski definition) is 7. The Labute approximate surface area is 143 Å². The monoisotopic (exact) mass is 370 g/mol. The number of esters is 1. The van der Waals surface area contributed by atoms with Crippen molar-refractivity contribution in [2.24, 2.45) is 0 Å². The minimum atomic E-state index is -0.723. The van der Waals surface area contributed by atoms with Gasteiger partial charge in [-0.25, -0.2) is 9.78 Å². The van der Waals surface area contributed by atoms with E-state index < -0.39 is 11.4 Å². The second-order valence-electron chi connectivity index (χ2n) is 4.31. The SMILES string of the molecule is CCOC(=O)c1cn(-c2nc(Cl)ns2)c2nc(Cl)ccc2c1=O. The molecule has 0 atom stereocenters. The van der Waals surface area contributed by atoms with Crippen molar-refractivity contribution in [2.45, 2.75) is 6.92 Å². The molecule has 0 aromatic carbocycles. The first-order chi connectivity index (χ1) is 11.0. The smallest absolute Gasteiger partial charge is 0.343 e. The van der Waals surface area contributed by atoms with Crippen LogP contribution in [0.25, 0.3) is 16.2 Å². The molecule has 0 aliphatic carbocycles. The van der Waals surface area contributed by atoms with Gasteiger partial charge in [0.05, 0.1) is 12.0 Å². The Kier molecular flexibility index (Phi) is 4.29. The van der Waals surface area contributed by atoms with Gasteiger partial charge in [-0.3, -0.25) is 9.36 Å². The Hall–Kier alpha value is -2.03. The average Bonchev–Trinajstić information content (AvgIpc) is 2.94. The second kappa shape index (κ2) is 6.23. The number of fused-ring (bicyclic) bond motifs is 1. The third-order valence-corrected chi connectivity index (χ3v) is 4.10. The minimum absolute atomic E-state index is 0.0524. The van der Waals surface area contributed by atoms with Crippen molar-refractivity contribution < 1.29 is 9.53 Å². The molecule has 3 aromatic heterocycles. The fraction of sp³-hybridized carbons (Fsp3) is 0.154. The van der Waals surface area contributed by atoms with Crippen molar-refractivity contribution >= 4 is 51.7 Å². The molecule has 0 radical (unpaired) electrons. The Bertz CT molecular complexity index is 969. The summed E-state index contributed by atoms with van der Waals surface area (Å²) >= 11 is 12.7. The van der Waals surface area contributed by atoms with Gasteiger partial charge in [-0.2, -0.15) is 9.36 Å². The molecule has 0 N–H and O–H groups in total. The number of ether oxygens (including phenoxy) is 1. The molecule has 0 amide bonds. The highest BCUT2D eigenvalue weighted by molar-refractivity contribution is 7.08. The van der Waals surface area contributed by atoms with Crippen LogP contribution in [0.15, 0.2) is 23.1 Å². The van der Waals surface area contributed by atoms with Crippen LogP contribution in [0.3, 0.4) is 0 Å². The molecule has 7 nitrogen and oxygen atoms in total. The lowest BCUT2D eigenvalue weighted by atomic mass is 10.2. The third-order valence-electron chi connectivity index (χ3n) is 2.91. The first-order valence-corrected chi connectivity index (χ1v) is 7.92. The zero-order chi connectivity index (χ0) is 16.6. The van der Waals surface area contributed by atoms with E-state index in [2.05, 4.69) is 14.3 Å². The number of pyridine rings is 2. The van der Waals surface area contributed by atoms with E-state index in [4.69, 9.17) is 27.9 Å². The number of carbonyl (C=O) groups excluding carboxylic acids is 1. The van der Waals surface area contributed by atoms with Gasteiger partial charge in [-0.1, -0.05) is 11.6 Å². The number of hydrogen-bond donors (Lipinski definition) is 0. The van der Waals surface area contributed by atoms with Crippen molar-refractivity contribution in [2.75, 3.05) is 6.61 Å². The Morgan fingerprint density at radius 1 is 1.35 bits per heavy atom. The van der Waals surface area contributed by atoms with E-state index in [1.165, 1.54) is 22.9 Å². The predicted molar refractivity (Wildman–Crippen MR) is 86.8 cm³/mol. The van der Waals surface area contributed by atoms with Crippen molar-refractivity contribution in [3.05, 3.63) is 44.6 Å². The lowest BCUT2D eigenvalue weighted by molar-refractivity contribution is 0.0524. The predicted octanol–water partition coefficient (Wildman–Crippen LogP) is 2.72. The van der Waals surface area contributed by atoms with Crippen LogP contribution in [0.5, 0.6) is 0 Å². The van der Waals surface area contributed by atoms with Crippen LogP contribution in [-0.2, 0) is 4.74 Å². The molecular weight excluding hydrogens is 363 g/mol. The number of halogens is 2. The molecule has 10 heteroatoms. The normalized spacial score (nSPS) is 10.9. The zero-order valence-electron chi connectivity index (χ0n) is 11.6. The molecule has 0 fully saturated rings. The van der Waals surface area contributed by atoms with Gasteiger partial charge < -0.3 is 4.74 Å². The lowest BCUT2D eigenvalue weighted by Crippen LogP contribution is -2.21. The summed E-state index contributed by atoms with van der Waals surface area (Å²) in [6.45, 7) is 1.81. The van der Waals surface area contributed by atoms with E-state index >= 15 is 0 Å². The standard InChI is InChI=1S/C13H8Cl2N4O3S/c1-2-22-11(21)7-5-19(13-17-12(15)18-23-13)10-6(9(7)20)3-4-8(14)16-10/h3-5H,2H2,1H3. The topological polar surface area (TPSA) is 87.0 Å². The summed E-state index contributed by atoms with van der Waals surface area (Å²) in [5.41, 5.74) is -0.368. The molecule has 118 valence electrons. The Morgan fingerprint density at radius 2 is 2.13 bits per heavy atom. The van der Waals surface area contributed by atoms with Gasteiger partial charge in [-0.15, -0.1) is 0 Å². The van der Waals surface area contributed by atoms with Crippen LogP contribution >= 0.6 is 34.7 Å². The Morgan fingerprint density at radius 3 is 2.78 bits per heavy atom. The lowest BCUT2D eigenvalue weighted by Gasteiger charge is -2.09. The third kappa shape index (κ3) is 2.92. The molecule has 0 bridgehead atoms. The number of carbonyl (C=O) groups is 1. The first-order valence-electron chi connectivity index (χ1n) is 6.40. The number of rotatable bonds is 3. The summed E-state index contributed by atoms with van der Waals surface area (Å²) in [7, 11) is 0. The van der Waals surface area contributed by atoms with E-state index in [0.717, 1.165) is 11.5 Å². The van der Waals surface area contributed by atoms with Gasteiger partial charge in [0, 0.05) is 17.7 Å². The number of aromatic nitrogens is 4. The van der Waals surface area contributed by atoms with Gasteiger partial charge in [0.15, 0.2) is 5.65 Å². The number of nitrogens with zero attached hydrogens (tertiary/aromatic N) is 4. The second-order valence-corrected chi connectivity index (χ2v) is 5.77. The molecule has 0 saturated heterocycles. The molecule has 3 rings (SSSR count). The van der Waals surface area contributed by atoms with Gasteiger partial charge >= 0.3 is 5.97 Å². The molecule has 0 aliphatic rings. The van der Waals surface area contributed by atoms with E-state index in [1.807, 2.05) is 0 Å². The summed E-state index contributed by atoms with van der Waals surface area (Å²) in [6.07, 6.45) is 1.31. The Balaban J connectivity index is 2.36. The minimum Gasteiger partial charge on any atom is -0.462 e. The largest absolute Gasteiger partial charge is 0.462 e. The fourth-order valence-electron chi connectivity index (χ4n) is 1.98. The van der Waals surface area contributed by atoms with Gasteiger partial charge in [0.25, 0.3) is 0 Å². The maximum atomic E-state index is 12.5. The molecular formula is C13H8Cl2N4O3S. The molecule has 0 unspecified atom stereocenters. The maximum absolute atomic E-state index is 12.5. The quantitative estimate of drug-likeness (QED) is 0.520. The molecule has 0 saturated carbocycles. The van der Waals surface area contributed by atoms with Gasteiger partial charge in [0.1, 0.15) is 10.7 Å². The van der Waals surface area contributed by atoms with Gasteiger partial charge in [-0.05, 0) is 30.7 Å². The van der Waals surface area contributed by atoms with Gasteiger partial charge in [0.2, 0.25) is 15.8 Å². The van der Waals surface area contributed by atoms with E-state index in [0.29, 0.717) is 5.13 Å². The summed E-state index contributed by atoms with van der Waals surface area (Å²) < 4.78 is 10.2. The van der Waals surface area contributed by atoms with Crippen LogP contribution in [0.1, 0.15) is 17.3 Å². The fourth-order valence-corrected chi connectivity index (χ4v) is 2.91. The van der Waals surface area contributed by atoms with E-state index in [-0.39, 0.29) is 33.6 Å². The van der Waals surface area contributed by atoms with Crippen LogP contribution in [-0.4, -0.2) is 31.5 Å². The zero-order valence-corrected chi connectivity index (χ0v) is 13.9. The van der Waals surface area contributed by atoms with Crippen molar-refractivity contribution in [3.63, 3.8) is 0 Å². The highest BCUT2D eigenvalue weighted by Crippen LogP contribution is 2.21. The maximum Gasteiger partial charge on any atom is 0.343 e. The highest BCUT2D eigenvalue weighted by atomic mass is 35.5. The molecule has 3 heterocycles. The van der Waals surface area contributed by atoms with Crippen LogP contribution in [0, 0.1) is 0 Å². The van der Waals surface area contributed by atoms with Crippen LogP contribution in [0.2, 0.25) is 10.4 Å². The molecule has 3 aromatic rings. The highest BCUT2D eigenvalue weighted by Gasteiger charge is 2.19. The first kappa shape index (κ1) is 15.9. The molecule has 23 heavy (non-hydrogen) atoms. The molecule has 0 spiro atoms. The van der Waals surface area contributed by atoms with Crippen molar-refractivity contribution in [1.29, 1.82) is 0 Å². The van der Waals surface area contributed by atoms with Crippen molar-refractivity contribution in [3.8, 4) is 5.13 Å². The summed E-state index contributed by atoms with van der Waals surface area (Å²) in [6, 6.07) is 2.96. The van der Waals surface area contributed by atoms with Crippen LogP contribution in [0.4, 0.5) is 0 Å². The summed E-state index contributed by atoms with van der Waals surface area (Å²) in [4.78, 5) is 32.7. The summed E-state index contributed by atoms with van der Waals surface area (Å²) in [5, 5.41) is 0.813. The van der Waals surface area contributed by atoms with E-state index in [1.54, 1.807) is 6.92 Å². The van der Waals surface area contributed by atoms with Crippen LogP contribution < -0.4 is 5.43 Å². The molecule has 0 aliphatic heterocycles. The van der Waals surface area contributed by atoms with E-state index in [9.17, 15) is 9.59 Å². The summed E-state index contributed by atoms with van der Waals surface area (Å²) in [5.74, 6) is -0.723. The van der Waals surface area contributed by atoms with Crippen molar-refractivity contribution in [1.82, 2.24) is 18.9 Å². The average molecular weight is 371 g/mol.